The Kier molecular flexibility index (Phi) is 5.14. The second kappa shape index (κ2) is 7.28. The van der Waals surface area contributed by atoms with Crippen molar-refractivity contribution in [3.63, 3.8) is 0 Å². The molecule has 1 atom stereocenters. The van der Waals surface area contributed by atoms with Crippen LogP contribution in [0.4, 0.5) is 0 Å². The van der Waals surface area contributed by atoms with Gasteiger partial charge in [0.2, 0.25) is 5.91 Å². The summed E-state index contributed by atoms with van der Waals surface area (Å²) < 4.78 is 0. The van der Waals surface area contributed by atoms with E-state index >= 15 is 0 Å². The maximum Gasteiger partial charge on any atom is 0.223 e. The number of piperidine rings is 1. The summed E-state index contributed by atoms with van der Waals surface area (Å²) >= 11 is 0. The van der Waals surface area contributed by atoms with Crippen molar-refractivity contribution in [2.24, 2.45) is 11.8 Å². The lowest BCUT2D eigenvalue weighted by Gasteiger charge is -2.30. The molecule has 1 unspecified atom stereocenters. The Morgan fingerprint density at radius 1 is 1.18 bits per heavy atom. The van der Waals surface area contributed by atoms with Crippen molar-refractivity contribution in [3.8, 4) is 0 Å². The normalized spacial score (nSPS) is 20.6. The number of benzene rings is 1. The van der Waals surface area contributed by atoms with Gasteiger partial charge in [0, 0.05) is 19.0 Å². The maximum absolute atomic E-state index is 12.8. The summed E-state index contributed by atoms with van der Waals surface area (Å²) in [6.07, 6.45) is 5.52. The van der Waals surface area contributed by atoms with Gasteiger partial charge < -0.3 is 10.2 Å². The van der Waals surface area contributed by atoms with E-state index in [4.69, 9.17) is 0 Å². The van der Waals surface area contributed by atoms with Gasteiger partial charge in [0.1, 0.15) is 0 Å². The average molecular weight is 300 g/mol. The summed E-state index contributed by atoms with van der Waals surface area (Å²) in [6.45, 7) is 5.27. The number of rotatable bonds is 6. The Morgan fingerprint density at radius 3 is 2.50 bits per heavy atom. The number of nitrogens with zero attached hydrogens (tertiary/aromatic N) is 1. The molecule has 0 radical (unpaired) electrons. The molecule has 1 aromatic rings. The molecule has 3 nitrogen and oxygen atoms in total. The fourth-order valence-corrected chi connectivity index (χ4v) is 3.56. The molecule has 0 aromatic heterocycles. The van der Waals surface area contributed by atoms with Crippen LogP contribution in [0.5, 0.6) is 0 Å². The molecule has 0 bridgehead atoms. The third kappa shape index (κ3) is 4.10. The number of carbonyl (C=O) groups excluding carboxylic acids is 1. The topological polar surface area (TPSA) is 32.3 Å². The highest BCUT2D eigenvalue weighted by Gasteiger charge is 2.33. The molecule has 3 heteroatoms. The third-order valence-electron chi connectivity index (χ3n) is 5.19. The zero-order valence-corrected chi connectivity index (χ0v) is 13.6. The second-order valence-electron chi connectivity index (χ2n) is 7.01. The quantitative estimate of drug-likeness (QED) is 0.875. The van der Waals surface area contributed by atoms with E-state index < -0.39 is 0 Å². The summed E-state index contributed by atoms with van der Waals surface area (Å²) in [5.74, 6) is 1.58. The molecule has 1 aliphatic heterocycles. The van der Waals surface area contributed by atoms with E-state index in [2.05, 4.69) is 41.4 Å². The van der Waals surface area contributed by atoms with E-state index in [0.717, 1.165) is 19.6 Å². The van der Waals surface area contributed by atoms with Crippen molar-refractivity contribution in [3.05, 3.63) is 35.9 Å². The molecular formula is C19H28N2O. The van der Waals surface area contributed by atoms with Gasteiger partial charge in [-0.2, -0.15) is 0 Å². The number of hydrogen-bond donors (Lipinski definition) is 1. The maximum atomic E-state index is 12.8. The van der Waals surface area contributed by atoms with Crippen LogP contribution in [0.1, 0.15) is 44.6 Å². The first-order chi connectivity index (χ1) is 10.7. The van der Waals surface area contributed by atoms with Crippen molar-refractivity contribution in [1.82, 2.24) is 10.2 Å². The molecule has 1 aliphatic carbocycles. The van der Waals surface area contributed by atoms with Crippen LogP contribution in [0.15, 0.2) is 30.3 Å². The Bertz CT molecular complexity index is 477. The van der Waals surface area contributed by atoms with Gasteiger partial charge >= 0.3 is 0 Å². The lowest BCUT2D eigenvalue weighted by Crippen LogP contribution is -2.36. The van der Waals surface area contributed by atoms with Crippen LogP contribution in [-0.4, -0.2) is 29.9 Å². The molecule has 0 spiro atoms. The van der Waals surface area contributed by atoms with E-state index in [1.54, 1.807) is 0 Å². The fourth-order valence-electron chi connectivity index (χ4n) is 3.56. The van der Waals surface area contributed by atoms with E-state index in [1.165, 1.54) is 31.2 Å². The van der Waals surface area contributed by atoms with Gasteiger partial charge in [0.15, 0.2) is 0 Å². The van der Waals surface area contributed by atoms with Gasteiger partial charge in [-0.15, -0.1) is 0 Å². The minimum atomic E-state index is 0.359. The second-order valence-corrected chi connectivity index (χ2v) is 7.01. The molecular weight excluding hydrogens is 272 g/mol. The van der Waals surface area contributed by atoms with E-state index in [0.29, 0.717) is 30.2 Å². The lowest BCUT2D eigenvalue weighted by molar-refractivity contribution is -0.133. The summed E-state index contributed by atoms with van der Waals surface area (Å²) in [4.78, 5) is 14.9. The van der Waals surface area contributed by atoms with E-state index in [9.17, 15) is 4.79 Å². The van der Waals surface area contributed by atoms with E-state index in [-0.39, 0.29) is 0 Å². The van der Waals surface area contributed by atoms with Crippen molar-refractivity contribution in [2.45, 2.75) is 51.6 Å². The van der Waals surface area contributed by atoms with Crippen LogP contribution >= 0.6 is 0 Å². The fraction of sp³-hybridized carbons (Fsp3) is 0.632. The molecule has 1 saturated heterocycles. The molecule has 3 rings (SSSR count). The average Bonchev–Trinajstić information content (AvgIpc) is 3.39. The van der Waals surface area contributed by atoms with Crippen molar-refractivity contribution in [2.75, 3.05) is 13.1 Å². The summed E-state index contributed by atoms with van der Waals surface area (Å²) in [7, 11) is 0. The lowest BCUT2D eigenvalue weighted by atomic mass is 9.84. The van der Waals surface area contributed by atoms with Crippen molar-refractivity contribution < 1.29 is 4.79 Å². The standard InChI is InChI=1S/C19H28N2O/c1-15(17-9-11-20-12-10-17)13-19(22)21(18-7-8-18)14-16-5-3-2-4-6-16/h2-6,15,17-18,20H,7-14H2,1H3. The number of carbonyl (C=O) groups is 1. The molecule has 22 heavy (non-hydrogen) atoms. The first-order valence-corrected chi connectivity index (χ1v) is 8.78. The SMILES string of the molecule is CC(CC(=O)N(Cc1ccccc1)C1CC1)C1CCNCC1. The zero-order chi connectivity index (χ0) is 15.4. The van der Waals surface area contributed by atoms with Gasteiger partial charge in [-0.05, 0) is 56.2 Å². The molecule has 1 saturated carbocycles. The monoisotopic (exact) mass is 300 g/mol. The van der Waals surface area contributed by atoms with E-state index in [1.807, 2.05) is 6.07 Å². The molecule has 2 aliphatic rings. The van der Waals surface area contributed by atoms with Crippen LogP contribution in [0, 0.1) is 11.8 Å². The first kappa shape index (κ1) is 15.5. The van der Waals surface area contributed by atoms with Crippen LogP contribution in [0.2, 0.25) is 0 Å². The van der Waals surface area contributed by atoms with Crippen LogP contribution in [0.3, 0.4) is 0 Å². The third-order valence-corrected chi connectivity index (χ3v) is 5.19. The highest BCUT2D eigenvalue weighted by atomic mass is 16.2. The number of hydrogen-bond acceptors (Lipinski definition) is 2. The molecule has 1 N–H and O–H groups in total. The Morgan fingerprint density at radius 2 is 1.86 bits per heavy atom. The molecule has 1 heterocycles. The minimum absolute atomic E-state index is 0.359. The van der Waals surface area contributed by atoms with Gasteiger partial charge in [-0.25, -0.2) is 0 Å². The Labute approximate surface area is 134 Å². The van der Waals surface area contributed by atoms with Gasteiger partial charge in [0.05, 0.1) is 0 Å². The van der Waals surface area contributed by atoms with Gasteiger partial charge in [0.25, 0.3) is 0 Å². The molecule has 1 amide bonds. The van der Waals surface area contributed by atoms with Gasteiger partial charge in [-0.1, -0.05) is 37.3 Å². The van der Waals surface area contributed by atoms with Crippen LogP contribution in [0.25, 0.3) is 0 Å². The van der Waals surface area contributed by atoms with Gasteiger partial charge in [-0.3, -0.25) is 4.79 Å². The highest BCUT2D eigenvalue weighted by Crippen LogP contribution is 2.31. The van der Waals surface area contributed by atoms with Crippen molar-refractivity contribution >= 4 is 5.91 Å². The van der Waals surface area contributed by atoms with Crippen LogP contribution in [-0.2, 0) is 11.3 Å². The predicted molar refractivity (Wildman–Crippen MR) is 89.4 cm³/mol. The smallest absolute Gasteiger partial charge is 0.223 e. The highest BCUT2D eigenvalue weighted by molar-refractivity contribution is 5.77. The summed E-state index contributed by atoms with van der Waals surface area (Å²) in [6, 6.07) is 10.9. The van der Waals surface area contributed by atoms with Crippen LogP contribution < -0.4 is 5.32 Å². The molecule has 2 fully saturated rings. The number of amides is 1. The largest absolute Gasteiger partial charge is 0.335 e. The minimum Gasteiger partial charge on any atom is -0.335 e. The molecule has 120 valence electrons. The Hall–Kier alpha value is -1.35. The number of nitrogens with one attached hydrogen (secondary N) is 1. The summed E-state index contributed by atoms with van der Waals surface area (Å²) in [5, 5.41) is 3.41. The van der Waals surface area contributed by atoms with Crippen molar-refractivity contribution in [1.29, 1.82) is 0 Å². The first-order valence-electron chi connectivity index (χ1n) is 8.78. The predicted octanol–water partition coefficient (Wildman–Crippen LogP) is 3.20. The Balaban J connectivity index is 1.58. The zero-order valence-electron chi connectivity index (χ0n) is 13.6. The summed E-state index contributed by atoms with van der Waals surface area (Å²) in [5.41, 5.74) is 1.25. The molecule has 1 aromatic carbocycles.